The molecule has 0 aliphatic carbocycles. The normalized spacial score (nSPS) is 12.1. The van der Waals surface area contributed by atoms with Gasteiger partial charge in [0.1, 0.15) is 0 Å². The molecule has 1 aromatic rings. The zero-order chi connectivity index (χ0) is 15.1. The summed E-state index contributed by atoms with van der Waals surface area (Å²) in [6, 6.07) is 7.20. The maximum Gasteiger partial charge on any atom is 0.239 e. The molecule has 0 aliphatic rings. The third-order valence-electron chi connectivity index (χ3n) is 2.84. The first-order valence-corrected chi connectivity index (χ1v) is 6.83. The van der Waals surface area contributed by atoms with E-state index in [9.17, 15) is 9.59 Å². The van der Waals surface area contributed by atoms with Gasteiger partial charge in [0.2, 0.25) is 11.8 Å². The van der Waals surface area contributed by atoms with E-state index in [1.165, 1.54) is 0 Å². The number of carbonyl (C=O) groups is 2. The van der Waals surface area contributed by atoms with Gasteiger partial charge in [-0.1, -0.05) is 37.6 Å². The van der Waals surface area contributed by atoms with Gasteiger partial charge in [0.15, 0.2) is 0 Å². The summed E-state index contributed by atoms with van der Waals surface area (Å²) in [6.07, 6.45) is 0. The standard InChI is InChI=1S/C14H20ClN3O2/c1-9(2)14(10-3-5-11(15)6-4-10)18-13(20)8-17-12(19)7-16/h3-6,9,14H,7-8,16H2,1-2H3,(H,17,19)(H,18,20). The summed E-state index contributed by atoms with van der Waals surface area (Å²) in [5.41, 5.74) is 6.13. The zero-order valence-corrected chi connectivity index (χ0v) is 12.4. The molecule has 5 nitrogen and oxygen atoms in total. The van der Waals surface area contributed by atoms with Crippen LogP contribution < -0.4 is 16.4 Å². The minimum Gasteiger partial charge on any atom is -0.348 e. The predicted octanol–water partition coefficient (Wildman–Crippen LogP) is 1.23. The molecule has 110 valence electrons. The molecule has 20 heavy (non-hydrogen) atoms. The molecule has 1 unspecified atom stereocenters. The smallest absolute Gasteiger partial charge is 0.239 e. The summed E-state index contributed by atoms with van der Waals surface area (Å²) < 4.78 is 0. The zero-order valence-electron chi connectivity index (χ0n) is 11.7. The lowest BCUT2D eigenvalue weighted by molar-refractivity contribution is -0.126. The van der Waals surface area contributed by atoms with Crippen LogP contribution in [0.4, 0.5) is 0 Å². The van der Waals surface area contributed by atoms with Crippen LogP contribution in [0, 0.1) is 5.92 Å². The minimum absolute atomic E-state index is 0.0765. The van der Waals surface area contributed by atoms with Gasteiger partial charge < -0.3 is 16.4 Å². The number of carbonyl (C=O) groups excluding carboxylic acids is 2. The van der Waals surface area contributed by atoms with Crippen LogP contribution in [0.1, 0.15) is 25.5 Å². The Hall–Kier alpha value is -1.59. The molecule has 0 saturated heterocycles. The van der Waals surface area contributed by atoms with Gasteiger partial charge in [0.05, 0.1) is 19.1 Å². The largest absolute Gasteiger partial charge is 0.348 e. The van der Waals surface area contributed by atoms with Crippen LogP contribution >= 0.6 is 11.6 Å². The molecule has 0 radical (unpaired) electrons. The fraction of sp³-hybridized carbons (Fsp3) is 0.429. The first kappa shape index (κ1) is 16.5. The maximum atomic E-state index is 11.8. The lowest BCUT2D eigenvalue weighted by atomic mass is 9.96. The van der Waals surface area contributed by atoms with Crippen molar-refractivity contribution in [3.63, 3.8) is 0 Å². The molecule has 0 aromatic heterocycles. The van der Waals surface area contributed by atoms with Crippen molar-refractivity contribution in [2.75, 3.05) is 13.1 Å². The van der Waals surface area contributed by atoms with Crippen LogP contribution in [-0.4, -0.2) is 24.9 Å². The van der Waals surface area contributed by atoms with Crippen molar-refractivity contribution in [1.82, 2.24) is 10.6 Å². The van der Waals surface area contributed by atoms with Gasteiger partial charge in [0, 0.05) is 5.02 Å². The molecule has 1 aromatic carbocycles. The highest BCUT2D eigenvalue weighted by Crippen LogP contribution is 2.23. The maximum absolute atomic E-state index is 11.8. The molecular weight excluding hydrogens is 278 g/mol. The highest BCUT2D eigenvalue weighted by molar-refractivity contribution is 6.30. The molecule has 0 heterocycles. The molecule has 0 spiro atoms. The van der Waals surface area contributed by atoms with E-state index >= 15 is 0 Å². The van der Waals surface area contributed by atoms with Gasteiger partial charge in [-0.2, -0.15) is 0 Å². The van der Waals surface area contributed by atoms with Crippen LogP contribution in [0.3, 0.4) is 0 Å². The molecular formula is C14H20ClN3O2. The Bertz CT molecular complexity index is 460. The van der Waals surface area contributed by atoms with Gasteiger partial charge in [-0.15, -0.1) is 0 Å². The number of hydrogen-bond acceptors (Lipinski definition) is 3. The third-order valence-corrected chi connectivity index (χ3v) is 3.10. The quantitative estimate of drug-likeness (QED) is 0.738. The Morgan fingerprint density at radius 3 is 2.30 bits per heavy atom. The highest BCUT2D eigenvalue weighted by atomic mass is 35.5. The second-order valence-electron chi connectivity index (χ2n) is 4.82. The van der Waals surface area contributed by atoms with Crippen molar-refractivity contribution in [2.24, 2.45) is 11.7 Å². The summed E-state index contributed by atoms with van der Waals surface area (Å²) in [5.74, 6) is -0.390. The fourth-order valence-corrected chi connectivity index (χ4v) is 1.91. The van der Waals surface area contributed by atoms with Crippen LogP contribution in [-0.2, 0) is 9.59 Å². The van der Waals surface area contributed by atoms with Crippen molar-refractivity contribution < 1.29 is 9.59 Å². The summed E-state index contributed by atoms with van der Waals surface area (Å²) in [7, 11) is 0. The summed E-state index contributed by atoms with van der Waals surface area (Å²) in [6.45, 7) is 3.82. The SMILES string of the molecule is CC(C)C(NC(=O)CNC(=O)CN)c1ccc(Cl)cc1. The Kier molecular flexibility index (Phi) is 6.48. The number of amides is 2. The first-order chi connectivity index (χ1) is 9.43. The van der Waals surface area contributed by atoms with Crippen molar-refractivity contribution in [1.29, 1.82) is 0 Å². The predicted molar refractivity (Wildman–Crippen MR) is 79.2 cm³/mol. The van der Waals surface area contributed by atoms with Crippen molar-refractivity contribution in [2.45, 2.75) is 19.9 Å². The lowest BCUT2D eigenvalue weighted by Gasteiger charge is -2.23. The number of nitrogens with one attached hydrogen (secondary N) is 2. The van der Waals surface area contributed by atoms with Gasteiger partial charge >= 0.3 is 0 Å². The molecule has 4 N–H and O–H groups in total. The van der Waals surface area contributed by atoms with Crippen molar-refractivity contribution in [3.8, 4) is 0 Å². The van der Waals surface area contributed by atoms with Crippen molar-refractivity contribution >= 4 is 23.4 Å². The monoisotopic (exact) mass is 297 g/mol. The minimum atomic E-state index is -0.354. The number of nitrogens with two attached hydrogens (primary N) is 1. The van der Waals surface area contributed by atoms with E-state index < -0.39 is 0 Å². The van der Waals surface area contributed by atoms with E-state index in [0.29, 0.717) is 5.02 Å². The number of rotatable bonds is 6. The summed E-state index contributed by atoms with van der Waals surface area (Å²) >= 11 is 5.86. The van der Waals surface area contributed by atoms with E-state index in [1.807, 2.05) is 26.0 Å². The van der Waals surface area contributed by atoms with Crippen LogP contribution in [0.2, 0.25) is 5.02 Å². The Morgan fingerprint density at radius 1 is 1.20 bits per heavy atom. The average molecular weight is 298 g/mol. The van der Waals surface area contributed by atoms with Crippen LogP contribution in [0.25, 0.3) is 0 Å². The van der Waals surface area contributed by atoms with E-state index in [2.05, 4.69) is 10.6 Å². The van der Waals surface area contributed by atoms with Crippen LogP contribution in [0.15, 0.2) is 24.3 Å². The van der Waals surface area contributed by atoms with Crippen LogP contribution in [0.5, 0.6) is 0 Å². The molecule has 0 fully saturated rings. The summed E-state index contributed by atoms with van der Waals surface area (Å²) in [4.78, 5) is 22.8. The van der Waals surface area contributed by atoms with Gasteiger partial charge in [0.25, 0.3) is 0 Å². The lowest BCUT2D eigenvalue weighted by Crippen LogP contribution is -2.41. The van der Waals surface area contributed by atoms with E-state index in [1.54, 1.807) is 12.1 Å². The Morgan fingerprint density at radius 2 is 1.80 bits per heavy atom. The second-order valence-corrected chi connectivity index (χ2v) is 5.26. The third kappa shape index (κ3) is 5.19. The molecule has 0 aliphatic heterocycles. The molecule has 0 saturated carbocycles. The highest BCUT2D eigenvalue weighted by Gasteiger charge is 2.18. The van der Waals surface area contributed by atoms with Crippen molar-refractivity contribution in [3.05, 3.63) is 34.9 Å². The average Bonchev–Trinajstić information content (AvgIpc) is 2.43. The number of benzene rings is 1. The number of halogens is 1. The topological polar surface area (TPSA) is 84.2 Å². The molecule has 0 bridgehead atoms. The molecule has 1 rings (SSSR count). The Balaban J connectivity index is 2.66. The fourth-order valence-electron chi connectivity index (χ4n) is 1.78. The van der Waals surface area contributed by atoms with E-state index in [4.69, 9.17) is 17.3 Å². The first-order valence-electron chi connectivity index (χ1n) is 6.45. The van der Waals surface area contributed by atoms with Gasteiger partial charge in [-0.05, 0) is 23.6 Å². The number of hydrogen-bond donors (Lipinski definition) is 3. The molecule has 6 heteroatoms. The van der Waals surface area contributed by atoms with E-state index in [-0.39, 0.29) is 36.9 Å². The Labute approximate surface area is 123 Å². The van der Waals surface area contributed by atoms with Gasteiger partial charge in [-0.3, -0.25) is 9.59 Å². The molecule has 1 atom stereocenters. The molecule has 2 amide bonds. The van der Waals surface area contributed by atoms with E-state index in [0.717, 1.165) is 5.56 Å². The summed E-state index contributed by atoms with van der Waals surface area (Å²) in [5, 5.41) is 5.98. The second kappa shape index (κ2) is 7.87. The van der Waals surface area contributed by atoms with Gasteiger partial charge in [-0.25, -0.2) is 0 Å².